The van der Waals surface area contributed by atoms with Crippen LogP contribution < -0.4 is 20.3 Å². The first kappa shape index (κ1) is 21.2. The molecule has 2 rings (SSSR count). The number of rotatable bonds is 9. The molecule has 10 heteroatoms. The Kier molecular flexibility index (Phi) is 8.77. The van der Waals surface area contributed by atoms with Gasteiger partial charge in [0, 0.05) is 10.0 Å². The predicted molar refractivity (Wildman–Crippen MR) is 107 cm³/mol. The van der Waals surface area contributed by atoms with Gasteiger partial charge in [-0.1, -0.05) is 35.3 Å². The molecule has 0 saturated carbocycles. The Morgan fingerprint density at radius 2 is 1.25 bits per heavy atom. The molecule has 0 radical (unpaired) electrons. The van der Waals surface area contributed by atoms with E-state index in [1.807, 2.05) is 0 Å². The number of benzene rings is 2. The Morgan fingerprint density at radius 3 is 1.64 bits per heavy atom. The van der Waals surface area contributed by atoms with Crippen molar-refractivity contribution in [3.8, 4) is 11.5 Å². The maximum Gasteiger partial charge on any atom is 0.277 e. The van der Waals surface area contributed by atoms with Gasteiger partial charge in [0.1, 0.15) is 11.5 Å². The van der Waals surface area contributed by atoms with Crippen LogP contribution in [0.15, 0.2) is 58.7 Å². The average molecular weight is 423 g/mol. The molecule has 8 nitrogen and oxygen atoms in total. The highest BCUT2D eigenvalue weighted by Crippen LogP contribution is 2.17. The summed E-state index contributed by atoms with van der Waals surface area (Å²) in [6.45, 7) is -0.460. The van der Waals surface area contributed by atoms with Crippen molar-refractivity contribution in [2.24, 2.45) is 10.2 Å². The van der Waals surface area contributed by atoms with Gasteiger partial charge in [-0.15, -0.1) is 0 Å². The smallest absolute Gasteiger partial charge is 0.277 e. The van der Waals surface area contributed by atoms with Gasteiger partial charge < -0.3 is 9.47 Å². The first-order chi connectivity index (χ1) is 13.5. The van der Waals surface area contributed by atoms with Crippen molar-refractivity contribution in [1.82, 2.24) is 10.9 Å². The molecule has 2 amide bonds. The monoisotopic (exact) mass is 422 g/mol. The summed E-state index contributed by atoms with van der Waals surface area (Å²) in [6, 6.07) is 13.3. The number of ether oxygens (including phenoxy) is 2. The number of carbonyl (C=O) groups excluding carboxylic acids is 2. The number of hydrazone groups is 2. The topological polar surface area (TPSA) is 101 Å². The van der Waals surface area contributed by atoms with Gasteiger partial charge in [-0.2, -0.15) is 10.2 Å². The van der Waals surface area contributed by atoms with Crippen LogP contribution in [0.5, 0.6) is 11.5 Å². The number of hydrogen-bond donors (Lipinski definition) is 2. The van der Waals surface area contributed by atoms with Gasteiger partial charge >= 0.3 is 0 Å². The van der Waals surface area contributed by atoms with Gasteiger partial charge in [0.2, 0.25) is 0 Å². The number of nitrogens with one attached hydrogen (secondary N) is 2. The summed E-state index contributed by atoms with van der Waals surface area (Å²) in [5.74, 6) is -0.000962. The first-order valence-electron chi connectivity index (χ1n) is 7.92. The van der Waals surface area contributed by atoms with E-state index in [4.69, 9.17) is 32.7 Å². The van der Waals surface area contributed by atoms with E-state index in [9.17, 15) is 9.59 Å². The lowest BCUT2D eigenvalue weighted by Crippen LogP contribution is -2.25. The number of halogens is 2. The minimum atomic E-state index is -0.469. The van der Waals surface area contributed by atoms with Crippen molar-refractivity contribution in [3.63, 3.8) is 0 Å². The summed E-state index contributed by atoms with van der Waals surface area (Å²) in [6.07, 6.45) is 2.38. The van der Waals surface area contributed by atoms with Crippen LogP contribution in [0.3, 0.4) is 0 Å². The van der Waals surface area contributed by atoms with Crippen LogP contribution in [-0.4, -0.2) is 37.5 Å². The van der Waals surface area contributed by atoms with Crippen LogP contribution in [-0.2, 0) is 9.59 Å². The van der Waals surface area contributed by atoms with E-state index >= 15 is 0 Å². The van der Waals surface area contributed by atoms with Gasteiger partial charge in [0.15, 0.2) is 13.2 Å². The molecule has 146 valence electrons. The van der Waals surface area contributed by atoms with E-state index in [1.165, 1.54) is 12.4 Å². The Bertz CT molecular complexity index is 803. The molecule has 0 bridgehead atoms. The fraction of sp³-hybridized carbons (Fsp3) is 0.111. The van der Waals surface area contributed by atoms with Crippen LogP contribution in [0.2, 0.25) is 10.0 Å². The van der Waals surface area contributed by atoms with Crippen LogP contribution in [0.1, 0.15) is 0 Å². The fourth-order valence-electron chi connectivity index (χ4n) is 1.76. The fourth-order valence-corrected chi connectivity index (χ4v) is 2.12. The zero-order chi connectivity index (χ0) is 20.2. The molecule has 28 heavy (non-hydrogen) atoms. The second-order valence-electron chi connectivity index (χ2n) is 5.12. The van der Waals surface area contributed by atoms with Crippen molar-refractivity contribution >= 4 is 47.4 Å². The maximum atomic E-state index is 11.6. The Labute approximate surface area is 171 Å². The van der Waals surface area contributed by atoms with E-state index in [1.54, 1.807) is 48.5 Å². The average Bonchev–Trinajstić information content (AvgIpc) is 2.67. The number of amides is 2. The second kappa shape index (κ2) is 11.6. The molecule has 0 aromatic heterocycles. The lowest BCUT2D eigenvalue weighted by atomic mass is 10.3. The maximum absolute atomic E-state index is 11.6. The molecule has 0 atom stereocenters. The second-order valence-corrected chi connectivity index (χ2v) is 5.99. The van der Waals surface area contributed by atoms with Crippen molar-refractivity contribution in [3.05, 3.63) is 58.6 Å². The zero-order valence-electron chi connectivity index (χ0n) is 14.5. The molecular formula is C18H16Cl2N4O4. The standard InChI is InChI=1S/C18H16Cl2N4O4/c19-13-3-1-5-15(9-13)27-11-17(25)23-21-7-8-22-24-18(26)12-28-16-6-2-4-14(20)10-16/h1-10H,11-12H2,(H,23,25)(H,24,26)/b21-7+,22-8+. The molecule has 0 spiro atoms. The Morgan fingerprint density at radius 1 is 0.821 bits per heavy atom. The third-order valence-electron chi connectivity index (χ3n) is 2.93. The van der Waals surface area contributed by atoms with Crippen molar-refractivity contribution < 1.29 is 19.1 Å². The molecule has 0 heterocycles. The third kappa shape index (κ3) is 8.52. The third-order valence-corrected chi connectivity index (χ3v) is 3.40. The Balaban J connectivity index is 1.60. The van der Waals surface area contributed by atoms with Gasteiger partial charge in [0.25, 0.3) is 11.8 Å². The lowest BCUT2D eigenvalue weighted by Gasteiger charge is -2.05. The van der Waals surface area contributed by atoms with Gasteiger partial charge in [-0.3, -0.25) is 9.59 Å². The molecule has 2 N–H and O–H groups in total. The van der Waals surface area contributed by atoms with Crippen LogP contribution in [0.4, 0.5) is 0 Å². The number of nitrogens with zero attached hydrogens (tertiary/aromatic N) is 2. The molecule has 0 fully saturated rings. The molecule has 0 unspecified atom stereocenters. The largest absolute Gasteiger partial charge is 0.484 e. The summed E-state index contributed by atoms with van der Waals surface area (Å²) in [7, 11) is 0. The molecule has 0 aliphatic carbocycles. The summed E-state index contributed by atoms with van der Waals surface area (Å²) < 4.78 is 10.5. The zero-order valence-corrected chi connectivity index (χ0v) is 16.0. The van der Waals surface area contributed by atoms with E-state index in [2.05, 4.69) is 21.1 Å². The van der Waals surface area contributed by atoms with E-state index in [-0.39, 0.29) is 13.2 Å². The minimum Gasteiger partial charge on any atom is -0.484 e. The van der Waals surface area contributed by atoms with Crippen LogP contribution in [0.25, 0.3) is 0 Å². The summed E-state index contributed by atoms with van der Waals surface area (Å²) in [5, 5.41) is 8.26. The van der Waals surface area contributed by atoms with E-state index in [0.29, 0.717) is 21.5 Å². The summed E-state index contributed by atoms with van der Waals surface area (Å²) in [4.78, 5) is 23.1. The summed E-state index contributed by atoms with van der Waals surface area (Å²) >= 11 is 11.6. The molecule has 0 aliphatic heterocycles. The highest BCUT2D eigenvalue weighted by atomic mass is 35.5. The first-order valence-corrected chi connectivity index (χ1v) is 8.67. The summed E-state index contributed by atoms with van der Waals surface area (Å²) in [5.41, 5.74) is 4.48. The van der Waals surface area contributed by atoms with E-state index in [0.717, 1.165) is 0 Å². The molecule has 0 aliphatic rings. The van der Waals surface area contributed by atoms with Gasteiger partial charge in [0.05, 0.1) is 12.4 Å². The highest BCUT2D eigenvalue weighted by molar-refractivity contribution is 6.31. The van der Waals surface area contributed by atoms with Crippen LogP contribution in [0, 0.1) is 0 Å². The van der Waals surface area contributed by atoms with Crippen molar-refractivity contribution in [2.45, 2.75) is 0 Å². The van der Waals surface area contributed by atoms with Crippen molar-refractivity contribution in [1.29, 1.82) is 0 Å². The van der Waals surface area contributed by atoms with E-state index < -0.39 is 11.8 Å². The van der Waals surface area contributed by atoms with Gasteiger partial charge in [-0.25, -0.2) is 10.9 Å². The SMILES string of the molecule is O=C(COc1cccc(Cl)c1)N/N=C/C=N/NC(=O)COc1cccc(Cl)c1. The quantitative estimate of drug-likeness (QED) is 0.478. The molecule has 2 aromatic rings. The predicted octanol–water partition coefficient (Wildman–Crippen LogP) is 2.66. The van der Waals surface area contributed by atoms with Crippen molar-refractivity contribution in [2.75, 3.05) is 13.2 Å². The number of hydrogen-bond acceptors (Lipinski definition) is 6. The molecule has 0 saturated heterocycles. The number of carbonyl (C=O) groups is 2. The minimum absolute atomic E-state index is 0.230. The molecule has 2 aromatic carbocycles. The highest BCUT2D eigenvalue weighted by Gasteiger charge is 2.02. The Hall–Kier alpha value is -3.10. The normalized spacial score (nSPS) is 10.8. The van der Waals surface area contributed by atoms with Gasteiger partial charge in [-0.05, 0) is 36.4 Å². The van der Waals surface area contributed by atoms with Crippen LogP contribution >= 0.6 is 23.2 Å². The molecular weight excluding hydrogens is 407 g/mol. The lowest BCUT2D eigenvalue weighted by molar-refractivity contribution is -0.123.